The molecule has 28 heavy (non-hydrogen) atoms. The Kier molecular flexibility index (Phi) is 4.87. The number of nitriles is 1. The summed E-state index contributed by atoms with van der Waals surface area (Å²) in [7, 11) is 0. The van der Waals surface area contributed by atoms with E-state index in [1.165, 1.54) is 0 Å². The third-order valence-corrected chi connectivity index (χ3v) is 5.08. The first kappa shape index (κ1) is 18.2. The van der Waals surface area contributed by atoms with Crippen LogP contribution in [0.25, 0.3) is 22.4 Å². The summed E-state index contributed by atoms with van der Waals surface area (Å²) in [6.45, 7) is 0. The van der Waals surface area contributed by atoms with Crippen LogP contribution >= 0.6 is 23.2 Å². The number of nitrogens with one attached hydrogen (secondary N) is 1. The number of carbonyl (C=O) groups is 1. The number of imidazole rings is 1. The van der Waals surface area contributed by atoms with Gasteiger partial charge in [-0.15, -0.1) is 0 Å². The molecule has 6 heteroatoms. The summed E-state index contributed by atoms with van der Waals surface area (Å²) in [5.74, 6) is 0.542. The van der Waals surface area contributed by atoms with Crippen molar-refractivity contribution in [3.8, 4) is 17.5 Å². The summed E-state index contributed by atoms with van der Waals surface area (Å²) < 4.78 is 0. The third kappa shape index (κ3) is 3.50. The molecule has 3 aromatic carbocycles. The number of hydrogen-bond acceptors (Lipinski definition) is 3. The number of ketones is 1. The molecule has 1 aromatic heterocycles. The molecule has 0 aliphatic heterocycles. The molecule has 0 spiro atoms. The molecule has 136 valence electrons. The molecule has 1 heterocycles. The summed E-state index contributed by atoms with van der Waals surface area (Å²) in [5.41, 5.74) is 4.10. The van der Waals surface area contributed by atoms with Crippen molar-refractivity contribution in [2.75, 3.05) is 0 Å². The number of hydrogen-bond donors (Lipinski definition) is 1. The number of aromatic nitrogens is 2. The van der Waals surface area contributed by atoms with Gasteiger partial charge in [0.05, 0.1) is 38.3 Å². The van der Waals surface area contributed by atoms with Gasteiger partial charge in [-0.25, -0.2) is 4.98 Å². The molecule has 0 radical (unpaired) electrons. The van der Waals surface area contributed by atoms with Gasteiger partial charge in [-0.05, 0) is 48.0 Å². The lowest BCUT2D eigenvalue weighted by Crippen LogP contribution is -2.03. The van der Waals surface area contributed by atoms with Gasteiger partial charge < -0.3 is 4.98 Å². The van der Waals surface area contributed by atoms with Crippen molar-refractivity contribution >= 4 is 40.0 Å². The van der Waals surface area contributed by atoms with Crippen molar-refractivity contribution in [2.24, 2.45) is 0 Å². The maximum atomic E-state index is 12.7. The second kappa shape index (κ2) is 7.47. The highest BCUT2D eigenvalue weighted by Gasteiger charge is 2.14. The van der Waals surface area contributed by atoms with Crippen LogP contribution in [-0.2, 0) is 6.42 Å². The second-order valence-electron chi connectivity index (χ2n) is 6.32. The number of rotatable bonds is 4. The molecule has 0 amide bonds. The fourth-order valence-corrected chi connectivity index (χ4v) is 3.59. The largest absolute Gasteiger partial charge is 0.338 e. The van der Waals surface area contributed by atoms with Gasteiger partial charge in [-0.2, -0.15) is 5.26 Å². The summed E-state index contributed by atoms with van der Waals surface area (Å²) in [5, 5.41) is 9.87. The summed E-state index contributed by atoms with van der Waals surface area (Å²) in [4.78, 5) is 20.4. The Hall–Kier alpha value is -3.13. The van der Waals surface area contributed by atoms with Crippen molar-refractivity contribution in [1.29, 1.82) is 5.26 Å². The number of carbonyl (C=O) groups excluding carboxylic acids is 1. The molecule has 4 nitrogen and oxygen atoms in total. The van der Waals surface area contributed by atoms with E-state index >= 15 is 0 Å². The van der Waals surface area contributed by atoms with E-state index in [1.807, 2.05) is 0 Å². The van der Waals surface area contributed by atoms with Crippen LogP contribution in [0.1, 0.15) is 21.5 Å². The maximum Gasteiger partial charge on any atom is 0.167 e. The van der Waals surface area contributed by atoms with Gasteiger partial charge in [-0.3, -0.25) is 4.79 Å². The first-order valence-electron chi connectivity index (χ1n) is 8.51. The number of H-pyrrole nitrogens is 1. The summed E-state index contributed by atoms with van der Waals surface area (Å²) >= 11 is 12.5. The molecular formula is C22H13Cl2N3O. The number of fused-ring (bicyclic) bond motifs is 1. The van der Waals surface area contributed by atoms with Crippen LogP contribution in [0.15, 0.2) is 60.7 Å². The van der Waals surface area contributed by atoms with Gasteiger partial charge in [0, 0.05) is 12.0 Å². The van der Waals surface area contributed by atoms with Crippen molar-refractivity contribution in [3.63, 3.8) is 0 Å². The minimum atomic E-state index is -0.0152. The Morgan fingerprint density at radius 1 is 1.04 bits per heavy atom. The highest BCUT2D eigenvalue weighted by Crippen LogP contribution is 2.33. The Morgan fingerprint density at radius 2 is 1.75 bits per heavy atom. The minimum Gasteiger partial charge on any atom is -0.338 e. The zero-order valence-corrected chi connectivity index (χ0v) is 16.1. The molecule has 1 N–H and O–H groups in total. The molecule has 0 bridgehead atoms. The highest BCUT2D eigenvalue weighted by molar-refractivity contribution is 6.39. The van der Waals surface area contributed by atoms with E-state index in [-0.39, 0.29) is 12.2 Å². The molecule has 4 rings (SSSR count). The lowest BCUT2D eigenvalue weighted by molar-refractivity contribution is 0.0993. The van der Waals surface area contributed by atoms with E-state index in [4.69, 9.17) is 28.5 Å². The highest BCUT2D eigenvalue weighted by atomic mass is 35.5. The molecule has 0 saturated heterocycles. The lowest BCUT2D eigenvalue weighted by Gasteiger charge is -2.02. The summed E-state index contributed by atoms with van der Waals surface area (Å²) in [6.07, 6.45) is 0.258. The molecule has 4 aromatic rings. The summed E-state index contributed by atoms with van der Waals surface area (Å²) in [6, 6.07) is 19.7. The zero-order chi connectivity index (χ0) is 19.7. The second-order valence-corrected chi connectivity index (χ2v) is 7.14. The average molecular weight is 406 g/mol. The van der Waals surface area contributed by atoms with Gasteiger partial charge in [0.25, 0.3) is 0 Å². The minimum absolute atomic E-state index is 0.0152. The van der Waals surface area contributed by atoms with Crippen LogP contribution in [0.4, 0.5) is 0 Å². The first-order valence-corrected chi connectivity index (χ1v) is 9.27. The van der Waals surface area contributed by atoms with Crippen LogP contribution in [0.2, 0.25) is 10.0 Å². The molecule has 0 aliphatic carbocycles. The standard InChI is InChI=1S/C22H13Cl2N3O/c23-16-2-1-3-17(24)21(16)22-26-18-9-8-15(11-19(18)27-22)20(28)10-13-4-6-14(12-25)7-5-13/h1-9,11H,10H2,(H,26,27). The van der Waals surface area contributed by atoms with Gasteiger partial charge in [-0.1, -0.05) is 41.4 Å². The number of aromatic amines is 1. The van der Waals surface area contributed by atoms with Crippen LogP contribution in [0.3, 0.4) is 0 Å². The van der Waals surface area contributed by atoms with E-state index < -0.39 is 0 Å². The quantitative estimate of drug-likeness (QED) is 0.433. The Bertz CT molecular complexity index is 1220. The fraction of sp³-hybridized carbons (Fsp3) is 0.0455. The molecule has 0 unspecified atom stereocenters. The zero-order valence-electron chi connectivity index (χ0n) is 14.5. The first-order chi connectivity index (χ1) is 13.5. The van der Waals surface area contributed by atoms with Crippen molar-refractivity contribution in [1.82, 2.24) is 9.97 Å². The third-order valence-electron chi connectivity index (χ3n) is 4.45. The number of halogens is 2. The molecule has 0 atom stereocenters. The SMILES string of the molecule is N#Cc1ccc(CC(=O)c2ccc3nc(-c4c(Cl)cccc4Cl)[nH]c3c2)cc1. The predicted octanol–water partition coefficient (Wildman–Crippen LogP) is 5.83. The monoisotopic (exact) mass is 405 g/mol. The smallest absolute Gasteiger partial charge is 0.167 e. The Morgan fingerprint density at radius 3 is 2.43 bits per heavy atom. The normalized spacial score (nSPS) is 10.8. The van der Waals surface area contributed by atoms with Crippen LogP contribution in [0.5, 0.6) is 0 Å². The maximum absolute atomic E-state index is 12.7. The average Bonchev–Trinajstić information content (AvgIpc) is 3.11. The molecule has 0 saturated carbocycles. The van der Waals surface area contributed by atoms with E-state index in [0.29, 0.717) is 32.6 Å². The Balaban J connectivity index is 1.64. The fourth-order valence-electron chi connectivity index (χ4n) is 3.01. The molecular weight excluding hydrogens is 393 g/mol. The number of Topliss-reactive ketones (excluding diaryl/α,β-unsaturated/α-hetero) is 1. The molecule has 0 fully saturated rings. The topological polar surface area (TPSA) is 69.5 Å². The van der Waals surface area contributed by atoms with Gasteiger partial charge in [0.1, 0.15) is 5.82 Å². The van der Waals surface area contributed by atoms with Crippen molar-refractivity contribution in [3.05, 3.63) is 87.4 Å². The van der Waals surface area contributed by atoms with Gasteiger partial charge in [0.15, 0.2) is 5.78 Å². The van der Waals surface area contributed by atoms with E-state index in [0.717, 1.165) is 16.6 Å². The van der Waals surface area contributed by atoms with Crippen LogP contribution in [0, 0.1) is 11.3 Å². The van der Waals surface area contributed by atoms with E-state index in [1.54, 1.807) is 60.7 Å². The lowest BCUT2D eigenvalue weighted by atomic mass is 10.0. The predicted molar refractivity (Wildman–Crippen MR) is 111 cm³/mol. The van der Waals surface area contributed by atoms with E-state index in [2.05, 4.69) is 16.0 Å². The molecule has 0 aliphatic rings. The van der Waals surface area contributed by atoms with Crippen LogP contribution < -0.4 is 0 Å². The number of nitrogens with zero attached hydrogens (tertiary/aromatic N) is 2. The van der Waals surface area contributed by atoms with Crippen molar-refractivity contribution in [2.45, 2.75) is 6.42 Å². The van der Waals surface area contributed by atoms with Gasteiger partial charge in [0.2, 0.25) is 0 Å². The van der Waals surface area contributed by atoms with Crippen LogP contribution in [-0.4, -0.2) is 15.8 Å². The number of benzene rings is 3. The van der Waals surface area contributed by atoms with Gasteiger partial charge >= 0.3 is 0 Å². The van der Waals surface area contributed by atoms with E-state index in [9.17, 15) is 4.79 Å². The van der Waals surface area contributed by atoms with Crippen molar-refractivity contribution < 1.29 is 4.79 Å². The Labute approximate surface area is 171 Å².